The van der Waals surface area contributed by atoms with Crippen LogP contribution in [0.3, 0.4) is 0 Å². The molecule has 2 aromatic carbocycles. The van der Waals surface area contributed by atoms with Gasteiger partial charge in [0.15, 0.2) is 11.5 Å². The van der Waals surface area contributed by atoms with E-state index < -0.39 is 0 Å². The maximum Gasteiger partial charge on any atom is 0.282 e. The van der Waals surface area contributed by atoms with Gasteiger partial charge in [0.1, 0.15) is 5.82 Å². The average Bonchev–Trinajstić information content (AvgIpc) is 2.80. The predicted octanol–water partition coefficient (Wildman–Crippen LogP) is 4.73. The molecule has 0 unspecified atom stereocenters. The minimum absolute atomic E-state index is 0.140. The molecule has 1 fully saturated rings. The molecule has 1 saturated carbocycles. The highest BCUT2D eigenvalue weighted by molar-refractivity contribution is 5.85. The third-order valence-electron chi connectivity index (χ3n) is 5.58. The Morgan fingerprint density at radius 3 is 2.70 bits per heavy atom. The summed E-state index contributed by atoms with van der Waals surface area (Å²) in [7, 11) is 1.61. The summed E-state index contributed by atoms with van der Waals surface area (Å²) in [5.41, 5.74) is 1.34. The van der Waals surface area contributed by atoms with Gasteiger partial charge in [-0.25, -0.2) is 4.98 Å². The first-order valence-corrected chi connectivity index (χ1v) is 10.6. The summed E-state index contributed by atoms with van der Waals surface area (Å²) < 4.78 is 12.7. The number of benzene rings is 2. The zero-order valence-corrected chi connectivity index (χ0v) is 17.5. The molecule has 0 saturated heterocycles. The van der Waals surface area contributed by atoms with E-state index >= 15 is 0 Å². The second-order valence-corrected chi connectivity index (χ2v) is 7.50. The lowest BCUT2D eigenvalue weighted by Gasteiger charge is -2.22. The second-order valence-electron chi connectivity index (χ2n) is 7.50. The van der Waals surface area contributed by atoms with Crippen molar-refractivity contribution in [2.75, 3.05) is 13.7 Å². The van der Waals surface area contributed by atoms with Gasteiger partial charge in [0.2, 0.25) is 0 Å². The van der Waals surface area contributed by atoms with Gasteiger partial charge in [0.05, 0.1) is 30.8 Å². The van der Waals surface area contributed by atoms with Crippen LogP contribution < -0.4 is 15.0 Å². The van der Waals surface area contributed by atoms with Crippen molar-refractivity contribution in [3.8, 4) is 11.5 Å². The van der Waals surface area contributed by atoms with Crippen molar-refractivity contribution < 1.29 is 9.47 Å². The number of hydrogen-bond donors (Lipinski definition) is 0. The van der Waals surface area contributed by atoms with Crippen molar-refractivity contribution in [2.45, 2.75) is 44.9 Å². The van der Waals surface area contributed by atoms with Crippen LogP contribution in [0.1, 0.15) is 56.3 Å². The lowest BCUT2D eigenvalue weighted by molar-refractivity contribution is 0.310. The van der Waals surface area contributed by atoms with Crippen LogP contribution in [-0.4, -0.2) is 29.6 Å². The van der Waals surface area contributed by atoms with E-state index in [2.05, 4.69) is 5.10 Å². The normalized spacial score (nSPS) is 15.0. The van der Waals surface area contributed by atoms with Gasteiger partial charge in [0, 0.05) is 11.5 Å². The Labute approximate surface area is 176 Å². The van der Waals surface area contributed by atoms with E-state index in [1.54, 1.807) is 19.4 Å². The molecule has 1 heterocycles. The maximum atomic E-state index is 13.3. The van der Waals surface area contributed by atoms with Gasteiger partial charge in [-0.3, -0.25) is 4.79 Å². The molecular formula is C24H27N3O3. The second kappa shape index (κ2) is 9.11. The fourth-order valence-electron chi connectivity index (χ4n) is 4.09. The van der Waals surface area contributed by atoms with Gasteiger partial charge >= 0.3 is 0 Å². The standard InChI is InChI=1S/C24H27N3O3/c1-3-30-22-18(12-9-15-21(22)29-2)16-25-27-23(17-10-5-4-6-11-17)26-20-14-8-7-13-19(20)24(27)28/h7-9,12-17H,3-6,10-11H2,1-2H3. The molecule has 0 atom stereocenters. The van der Waals surface area contributed by atoms with Crippen LogP contribution in [-0.2, 0) is 0 Å². The molecule has 4 rings (SSSR count). The smallest absolute Gasteiger partial charge is 0.282 e. The molecule has 0 amide bonds. The zero-order valence-electron chi connectivity index (χ0n) is 17.5. The molecule has 0 bridgehead atoms. The number of ether oxygens (including phenoxy) is 2. The summed E-state index contributed by atoms with van der Waals surface area (Å²) >= 11 is 0. The number of nitrogens with zero attached hydrogens (tertiary/aromatic N) is 3. The van der Waals surface area contributed by atoms with Crippen LogP contribution in [0.4, 0.5) is 0 Å². The Kier molecular flexibility index (Phi) is 6.12. The molecule has 1 aromatic heterocycles. The first-order chi connectivity index (χ1) is 14.7. The monoisotopic (exact) mass is 405 g/mol. The SMILES string of the molecule is CCOc1c(C=Nn2c(C3CCCCC3)nc3ccccc3c2=O)cccc1OC. The number of hydrogen-bond acceptors (Lipinski definition) is 5. The van der Waals surface area contributed by atoms with Gasteiger partial charge < -0.3 is 9.47 Å². The van der Waals surface area contributed by atoms with Crippen LogP contribution in [0.15, 0.2) is 52.4 Å². The summed E-state index contributed by atoms with van der Waals surface area (Å²) in [4.78, 5) is 18.2. The van der Waals surface area contributed by atoms with Crippen molar-refractivity contribution in [3.05, 3.63) is 64.2 Å². The number of fused-ring (bicyclic) bond motifs is 1. The Balaban J connectivity index is 1.84. The Hall–Kier alpha value is -3.15. The first-order valence-electron chi connectivity index (χ1n) is 10.6. The summed E-state index contributed by atoms with van der Waals surface area (Å²) in [6.07, 6.45) is 7.27. The summed E-state index contributed by atoms with van der Waals surface area (Å²) in [6.45, 7) is 2.43. The lowest BCUT2D eigenvalue weighted by Crippen LogP contribution is -2.25. The minimum atomic E-state index is -0.140. The van der Waals surface area contributed by atoms with Crippen LogP contribution in [0, 0.1) is 0 Å². The van der Waals surface area contributed by atoms with E-state index in [-0.39, 0.29) is 11.5 Å². The molecule has 6 nitrogen and oxygen atoms in total. The number of aromatic nitrogens is 2. The topological polar surface area (TPSA) is 65.7 Å². The van der Waals surface area contributed by atoms with E-state index in [0.29, 0.717) is 23.5 Å². The van der Waals surface area contributed by atoms with Gasteiger partial charge in [-0.15, -0.1) is 0 Å². The Morgan fingerprint density at radius 1 is 1.13 bits per heavy atom. The van der Waals surface area contributed by atoms with Crippen molar-refractivity contribution in [2.24, 2.45) is 5.10 Å². The molecule has 1 aliphatic carbocycles. The fraction of sp³-hybridized carbons (Fsp3) is 0.375. The van der Waals surface area contributed by atoms with Gasteiger partial charge in [0.25, 0.3) is 5.56 Å². The number of methoxy groups -OCH3 is 1. The Bertz CT molecular complexity index is 1110. The molecule has 0 spiro atoms. The molecular weight excluding hydrogens is 378 g/mol. The fourth-order valence-corrected chi connectivity index (χ4v) is 4.09. The van der Waals surface area contributed by atoms with E-state index in [1.807, 2.05) is 43.3 Å². The van der Waals surface area contributed by atoms with Crippen LogP contribution in [0.25, 0.3) is 10.9 Å². The van der Waals surface area contributed by atoms with Crippen molar-refractivity contribution in [1.29, 1.82) is 0 Å². The average molecular weight is 405 g/mol. The largest absolute Gasteiger partial charge is 0.493 e. The van der Waals surface area contributed by atoms with Crippen LogP contribution in [0.5, 0.6) is 11.5 Å². The van der Waals surface area contributed by atoms with Crippen molar-refractivity contribution in [3.63, 3.8) is 0 Å². The third kappa shape index (κ3) is 3.95. The van der Waals surface area contributed by atoms with Crippen molar-refractivity contribution in [1.82, 2.24) is 9.66 Å². The lowest BCUT2D eigenvalue weighted by atomic mass is 9.88. The van der Waals surface area contributed by atoms with Gasteiger partial charge in [-0.05, 0) is 44.0 Å². The van der Waals surface area contributed by atoms with Crippen molar-refractivity contribution >= 4 is 17.1 Å². The van der Waals surface area contributed by atoms with Crippen LogP contribution in [0.2, 0.25) is 0 Å². The molecule has 0 radical (unpaired) electrons. The minimum Gasteiger partial charge on any atom is -0.493 e. The highest BCUT2D eigenvalue weighted by atomic mass is 16.5. The summed E-state index contributed by atoms with van der Waals surface area (Å²) in [5.74, 6) is 2.24. The summed E-state index contributed by atoms with van der Waals surface area (Å²) in [5, 5.41) is 5.17. The van der Waals surface area contributed by atoms with Gasteiger partial charge in [-0.1, -0.05) is 37.5 Å². The van der Waals surface area contributed by atoms with E-state index in [1.165, 1.54) is 11.1 Å². The third-order valence-corrected chi connectivity index (χ3v) is 5.58. The highest BCUT2D eigenvalue weighted by Crippen LogP contribution is 2.32. The Morgan fingerprint density at radius 2 is 1.93 bits per heavy atom. The molecule has 6 heteroatoms. The molecule has 3 aromatic rings. The zero-order chi connectivity index (χ0) is 20.9. The number of rotatable bonds is 6. The first kappa shape index (κ1) is 20.1. The molecule has 0 N–H and O–H groups in total. The quantitative estimate of drug-likeness (QED) is 0.556. The van der Waals surface area contributed by atoms with Gasteiger partial charge in [-0.2, -0.15) is 9.78 Å². The maximum absolute atomic E-state index is 13.3. The van der Waals surface area contributed by atoms with Crippen LogP contribution >= 0.6 is 0 Å². The summed E-state index contributed by atoms with van der Waals surface area (Å²) in [6, 6.07) is 13.1. The van der Waals surface area contributed by atoms with E-state index in [4.69, 9.17) is 14.5 Å². The molecule has 30 heavy (non-hydrogen) atoms. The molecule has 1 aliphatic rings. The van der Waals surface area contributed by atoms with E-state index in [9.17, 15) is 4.79 Å². The predicted molar refractivity (Wildman–Crippen MR) is 119 cm³/mol. The highest BCUT2D eigenvalue weighted by Gasteiger charge is 2.22. The number of para-hydroxylation sites is 2. The van der Waals surface area contributed by atoms with E-state index in [0.717, 1.165) is 42.6 Å². The molecule has 0 aliphatic heterocycles. The molecule has 156 valence electrons.